The van der Waals surface area contributed by atoms with Gasteiger partial charge in [0, 0.05) is 13.5 Å². The third-order valence-corrected chi connectivity index (χ3v) is 4.34. The van der Waals surface area contributed by atoms with Crippen molar-refractivity contribution in [2.75, 3.05) is 13.4 Å². The molecule has 0 bridgehead atoms. The van der Waals surface area contributed by atoms with Crippen molar-refractivity contribution in [3.05, 3.63) is 59.2 Å². The van der Waals surface area contributed by atoms with Crippen molar-refractivity contribution in [3.8, 4) is 11.5 Å². The molecule has 3 rings (SSSR count). The lowest BCUT2D eigenvalue weighted by molar-refractivity contribution is -0.125. The van der Waals surface area contributed by atoms with E-state index in [0.717, 1.165) is 11.1 Å². The molecule has 0 radical (unpaired) electrons. The number of benzene rings is 2. The first kappa shape index (κ1) is 20.2. The Bertz CT molecular complexity index is 910. The summed E-state index contributed by atoms with van der Waals surface area (Å²) < 4.78 is 15.7. The van der Waals surface area contributed by atoms with Gasteiger partial charge in [0.2, 0.25) is 12.7 Å². The van der Waals surface area contributed by atoms with Crippen molar-refractivity contribution in [1.82, 2.24) is 10.6 Å². The number of carbonyl (C=O) groups excluding carboxylic acids is 3. The Hall–Kier alpha value is -3.55. The maximum atomic E-state index is 12.1. The van der Waals surface area contributed by atoms with Crippen LogP contribution in [0.15, 0.2) is 42.5 Å². The Labute approximate surface area is 168 Å². The molecule has 1 heterocycles. The smallest absolute Gasteiger partial charge is 0.338 e. The first-order valence-corrected chi connectivity index (χ1v) is 9.12. The van der Waals surface area contributed by atoms with E-state index < -0.39 is 11.9 Å². The van der Waals surface area contributed by atoms with Crippen LogP contribution in [-0.2, 0) is 20.9 Å². The third kappa shape index (κ3) is 5.47. The molecule has 1 atom stereocenters. The Balaban J connectivity index is 1.47. The Morgan fingerprint density at radius 1 is 1.07 bits per heavy atom. The first-order valence-electron chi connectivity index (χ1n) is 9.12. The van der Waals surface area contributed by atoms with Gasteiger partial charge in [-0.3, -0.25) is 9.59 Å². The van der Waals surface area contributed by atoms with Gasteiger partial charge in [-0.25, -0.2) is 4.79 Å². The first-order chi connectivity index (χ1) is 13.9. The van der Waals surface area contributed by atoms with Crippen molar-refractivity contribution in [3.63, 3.8) is 0 Å². The van der Waals surface area contributed by atoms with Gasteiger partial charge in [0.15, 0.2) is 18.1 Å². The van der Waals surface area contributed by atoms with Gasteiger partial charge in [0.1, 0.15) is 0 Å². The molecule has 8 nitrogen and oxygen atoms in total. The second kappa shape index (κ2) is 9.09. The molecule has 1 unspecified atom stereocenters. The van der Waals surface area contributed by atoms with Crippen LogP contribution in [0.25, 0.3) is 0 Å². The maximum absolute atomic E-state index is 12.1. The lowest BCUT2D eigenvalue weighted by Gasteiger charge is -2.15. The van der Waals surface area contributed by atoms with E-state index in [0.29, 0.717) is 23.6 Å². The summed E-state index contributed by atoms with van der Waals surface area (Å²) in [6.45, 7) is 3.44. The van der Waals surface area contributed by atoms with Gasteiger partial charge >= 0.3 is 5.97 Å². The summed E-state index contributed by atoms with van der Waals surface area (Å²) in [5, 5.41) is 5.45. The molecule has 2 N–H and O–H groups in total. The summed E-state index contributed by atoms with van der Waals surface area (Å²) in [4.78, 5) is 35.1. The van der Waals surface area contributed by atoms with Gasteiger partial charge in [-0.2, -0.15) is 0 Å². The molecule has 0 saturated carbocycles. The highest BCUT2D eigenvalue weighted by Gasteiger charge is 2.17. The topological polar surface area (TPSA) is 103 Å². The van der Waals surface area contributed by atoms with Crippen molar-refractivity contribution in [2.45, 2.75) is 26.4 Å². The van der Waals surface area contributed by atoms with Crippen molar-refractivity contribution < 1.29 is 28.6 Å². The predicted octanol–water partition coefficient (Wildman–Crippen LogP) is 2.09. The summed E-state index contributed by atoms with van der Waals surface area (Å²) in [6.07, 6.45) is 0. The Kier molecular flexibility index (Phi) is 6.33. The van der Waals surface area contributed by atoms with E-state index in [4.69, 9.17) is 14.2 Å². The molecule has 2 aromatic rings. The van der Waals surface area contributed by atoms with Gasteiger partial charge in [0.25, 0.3) is 5.91 Å². The highest BCUT2D eigenvalue weighted by molar-refractivity contribution is 5.91. The molecule has 29 heavy (non-hydrogen) atoms. The monoisotopic (exact) mass is 398 g/mol. The number of rotatable bonds is 7. The number of esters is 1. The fraction of sp³-hybridized carbons (Fsp3) is 0.286. The van der Waals surface area contributed by atoms with E-state index in [2.05, 4.69) is 10.6 Å². The molecule has 2 amide bonds. The van der Waals surface area contributed by atoms with Gasteiger partial charge in [0.05, 0.1) is 11.6 Å². The van der Waals surface area contributed by atoms with Crippen LogP contribution < -0.4 is 20.1 Å². The number of nitrogens with one attached hydrogen (secondary N) is 2. The molecule has 0 fully saturated rings. The van der Waals surface area contributed by atoms with Crippen LogP contribution in [0.5, 0.6) is 11.5 Å². The number of hydrogen-bond acceptors (Lipinski definition) is 6. The second-order valence-electron chi connectivity index (χ2n) is 6.58. The van der Waals surface area contributed by atoms with E-state index in [1.165, 1.54) is 6.92 Å². The average Bonchev–Trinajstić information content (AvgIpc) is 3.18. The molecule has 1 aliphatic rings. The second-order valence-corrected chi connectivity index (χ2v) is 6.58. The summed E-state index contributed by atoms with van der Waals surface area (Å²) >= 11 is 0. The van der Waals surface area contributed by atoms with Crippen LogP contribution in [-0.4, -0.2) is 31.2 Å². The number of ether oxygens (including phenoxy) is 3. The zero-order valence-electron chi connectivity index (χ0n) is 16.2. The van der Waals surface area contributed by atoms with E-state index in [1.54, 1.807) is 30.3 Å². The van der Waals surface area contributed by atoms with Gasteiger partial charge < -0.3 is 24.8 Å². The van der Waals surface area contributed by atoms with E-state index >= 15 is 0 Å². The van der Waals surface area contributed by atoms with Crippen LogP contribution in [0.2, 0.25) is 0 Å². The maximum Gasteiger partial charge on any atom is 0.338 e. The highest BCUT2D eigenvalue weighted by atomic mass is 16.7. The molecular weight excluding hydrogens is 376 g/mol. The van der Waals surface area contributed by atoms with Crippen LogP contribution in [0.3, 0.4) is 0 Å². The van der Waals surface area contributed by atoms with Gasteiger partial charge in [-0.1, -0.05) is 18.2 Å². The van der Waals surface area contributed by atoms with E-state index in [1.807, 2.05) is 19.1 Å². The Morgan fingerprint density at radius 3 is 2.52 bits per heavy atom. The minimum absolute atomic E-state index is 0.130. The minimum Gasteiger partial charge on any atom is -0.454 e. The molecule has 8 heteroatoms. The van der Waals surface area contributed by atoms with Gasteiger partial charge in [-0.15, -0.1) is 0 Å². The lowest BCUT2D eigenvalue weighted by atomic mass is 10.1. The molecule has 0 aromatic heterocycles. The number of carbonyl (C=O) groups is 3. The lowest BCUT2D eigenvalue weighted by Crippen LogP contribution is -2.31. The molecule has 0 aliphatic carbocycles. The molecule has 0 saturated heterocycles. The van der Waals surface area contributed by atoms with Gasteiger partial charge in [-0.05, 0) is 42.3 Å². The summed E-state index contributed by atoms with van der Waals surface area (Å²) in [6, 6.07) is 11.8. The average molecular weight is 398 g/mol. The van der Waals surface area contributed by atoms with E-state index in [-0.39, 0.29) is 25.3 Å². The van der Waals surface area contributed by atoms with Crippen LogP contribution >= 0.6 is 0 Å². The molecule has 1 aliphatic heterocycles. The summed E-state index contributed by atoms with van der Waals surface area (Å²) in [7, 11) is 0. The largest absolute Gasteiger partial charge is 0.454 e. The van der Waals surface area contributed by atoms with Crippen molar-refractivity contribution in [2.24, 2.45) is 0 Å². The standard InChI is InChI=1S/C21H22N2O6/c1-13(17-7-8-18-19(9-17)29-12-28-18)23-20(25)11-27-21(26)16-5-3-15(4-6-16)10-22-14(2)24/h3-9,13H,10-12H2,1-2H3,(H,22,24)(H,23,25). The number of hydrogen-bond donors (Lipinski definition) is 2. The normalized spacial score (nSPS) is 12.8. The van der Waals surface area contributed by atoms with Crippen LogP contribution in [0.4, 0.5) is 0 Å². The summed E-state index contributed by atoms with van der Waals surface area (Å²) in [5.41, 5.74) is 2.03. The predicted molar refractivity (Wildman–Crippen MR) is 103 cm³/mol. The fourth-order valence-corrected chi connectivity index (χ4v) is 2.75. The zero-order valence-corrected chi connectivity index (χ0v) is 16.2. The number of amides is 2. The van der Waals surface area contributed by atoms with Crippen molar-refractivity contribution >= 4 is 17.8 Å². The number of fused-ring (bicyclic) bond motifs is 1. The van der Waals surface area contributed by atoms with Crippen LogP contribution in [0.1, 0.15) is 41.4 Å². The highest BCUT2D eigenvalue weighted by Crippen LogP contribution is 2.34. The molecule has 2 aromatic carbocycles. The fourth-order valence-electron chi connectivity index (χ4n) is 2.75. The Morgan fingerprint density at radius 2 is 1.79 bits per heavy atom. The minimum atomic E-state index is -0.595. The summed E-state index contributed by atoms with van der Waals surface area (Å²) in [5.74, 6) is 0.170. The quantitative estimate of drug-likeness (QED) is 0.693. The van der Waals surface area contributed by atoms with E-state index in [9.17, 15) is 14.4 Å². The SMILES string of the molecule is CC(=O)NCc1ccc(C(=O)OCC(=O)NC(C)c2ccc3c(c2)OCO3)cc1. The molecule has 0 spiro atoms. The zero-order chi connectivity index (χ0) is 20.8. The third-order valence-electron chi connectivity index (χ3n) is 4.34. The van der Waals surface area contributed by atoms with Crippen LogP contribution in [0, 0.1) is 0 Å². The van der Waals surface area contributed by atoms with Crippen molar-refractivity contribution in [1.29, 1.82) is 0 Å². The molecular formula is C21H22N2O6. The molecule has 152 valence electrons.